The molecule has 4 heterocycles. The van der Waals surface area contributed by atoms with Gasteiger partial charge >= 0.3 is 0 Å². The fourth-order valence-electron chi connectivity index (χ4n) is 4.92. The predicted octanol–water partition coefficient (Wildman–Crippen LogP) is 4.34. The predicted molar refractivity (Wildman–Crippen MR) is 154 cm³/mol. The van der Waals surface area contributed by atoms with Crippen LogP contribution in [-0.4, -0.2) is 71.5 Å². The number of hydrogen-bond donors (Lipinski definition) is 0. The Labute approximate surface area is 236 Å². The van der Waals surface area contributed by atoms with Crippen LogP contribution in [0.2, 0.25) is 5.02 Å². The summed E-state index contributed by atoms with van der Waals surface area (Å²) in [5.41, 5.74) is 0.793. The molecular weight excluding hydrogens is 566 g/mol. The van der Waals surface area contributed by atoms with Crippen molar-refractivity contribution in [1.82, 2.24) is 9.80 Å². The molecule has 8 nitrogen and oxygen atoms in total. The van der Waals surface area contributed by atoms with Gasteiger partial charge in [0.2, 0.25) is 5.91 Å². The summed E-state index contributed by atoms with van der Waals surface area (Å²) in [6.45, 7) is 1.71. The summed E-state index contributed by atoms with van der Waals surface area (Å²) in [5.74, 6) is 0.544. The SMILES string of the molecule is O=C1/C(=C/c2ccc(Cl)cc2)SC(=S)N1CC(=O)N(Cc1ccc(N2CCCCC2)o1)C1CCS(=O)(=O)C1. The number of halogens is 1. The lowest BCUT2D eigenvalue weighted by Crippen LogP contribution is -2.46. The van der Waals surface area contributed by atoms with Crippen molar-refractivity contribution in [2.45, 2.75) is 38.3 Å². The molecule has 0 radical (unpaired) electrons. The molecule has 12 heteroatoms. The van der Waals surface area contributed by atoms with Gasteiger partial charge in [0.15, 0.2) is 15.7 Å². The number of benzene rings is 1. The standard InChI is InChI=1S/C26H28ClN3O5S3/c27-19-6-4-18(5-7-19)14-22-25(32)30(26(36)37-22)16-23(31)29(20-10-13-38(33,34)17-20)15-21-8-9-24(35-21)28-11-2-1-3-12-28/h4-9,14,20H,1-3,10-13,15-17H2/b22-14-. The molecule has 0 saturated carbocycles. The molecule has 3 aliphatic rings. The van der Waals surface area contributed by atoms with Gasteiger partial charge in [-0.05, 0) is 55.5 Å². The number of sulfone groups is 1. The van der Waals surface area contributed by atoms with E-state index >= 15 is 0 Å². The Morgan fingerprint density at radius 2 is 1.89 bits per heavy atom. The van der Waals surface area contributed by atoms with E-state index in [1.807, 2.05) is 12.1 Å². The maximum atomic E-state index is 13.6. The van der Waals surface area contributed by atoms with E-state index in [2.05, 4.69) is 4.90 Å². The van der Waals surface area contributed by atoms with Crippen LogP contribution in [0.4, 0.5) is 5.88 Å². The molecule has 202 valence electrons. The lowest BCUT2D eigenvalue weighted by Gasteiger charge is -2.29. The average molecular weight is 594 g/mol. The summed E-state index contributed by atoms with van der Waals surface area (Å²) in [7, 11) is -3.24. The number of nitrogens with zero attached hydrogens (tertiary/aromatic N) is 3. The molecule has 5 rings (SSSR count). The number of anilines is 1. The van der Waals surface area contributed by atoms with Crippen molar-refractivity contribution in [3.63, 3.8) is 0 Å². The minimum Gasteiger partial charge on any atom is -0.444 e. The number of thiocarbonyl (C=S) groups is 1. The van der Waals surface area contributed by atoms with Gasteiger partial charge in [0.25, 0.3) is 5.91 Å². The highest BCUT2D eigenvalue weighted by Crippen LogP contribution is 2.33. The summed E-state index contributed by atoms with van der Waals surface area (Å²) in [6.07, 6.45) is 5.48. The molecule has 0 spiro atoms. The number of piperidine rings is 1. The van der Waals surface area contributed by atoms with Crippen molar-refractivity contribution >= 4 is 73.5 Å². The maximum Gasteiger partial charge on any atom is 0.266 e. The minimum atomic E-state index is -3.24. The number of thioether (sulfide) groups is 1. The third kappa shape index (κ3) is 6.27. The monoisotopic (exact) mass is 593 g/mol. The average Bonchev–Trinajstić information content (AvgIpc) is 3.58. The van der Waals surface area contributed by atoms with Crippen LogP contribution in [0, 0.1) is 0 Å². The lowest BCUT2D eigenvalue weighted by molar-refractivity contribution is -0.137. The van der Waals surface area contributed by atoms with Crippen LogP contribution in [0.5, 0.6) is 0 Å². The summed E-state index contributed by atoms with van der Waals surface area (Å²) in [5, 5.41) is 0.592. The van der Waals surface area contributed by atoms with Gasteiger partial charge in [-0.15, -0.1) is 0 Å². The van der Waals surface area contributed by atoms with Gasteiger partial charge in [0.1, 0.15) is 16.6 Å². The maximum absolute atomic E-state index is 13.6. The highest BCUT2D eigenvalue weighted by Gasteiger charge is 2.39. The molecule has 0 aliphatic carbocycles. The highest BCUT2D eigenvalue weighted by molar-refractivity contribution is 8.26. The molecule has 3 fully saturated rings. The Kier molecular flexibility index (Phi) is 8.18. The van der Waals surface area contributed by atoms with E-state index in [0.717, 1.165) is 49.1 Å². The topological polar surface area (TPSA) is 91.1 Å². The molecular formula is C26H28ClN3O5S3. The van der Waals surface area contributed by atoms with Gasteiger partial charge < -0.3 is 14.2 Å². The zero-order valence-corrected chi connectivity index (χ0v) is 23.9. The van der Waals surface area contributed by atoms with Crippen LogP contribution < -0.4 is 4.90 Å². The van der Waals surface area contributed by atoms with Crippen molar-refractivity contribution < 1.29 is 22.4 Å². The van der Waals surface area contributed by atoms with E-state index in [9.17, 15) is 18.0 Å². The van der Waals surface area contributed by atoms with E-state index in [-0.39, 0.29) is 40.7 Å². The normalized spacial score (nSPS) is 22.4. The Morgan fingerprint density at radius 3 is 2.58 bits per heavy atom. The largest absolute Gasteiger partial charge is 0.444 e. The molecule has 2 amide bonds. The fraction of sp³-hybridized carbons (Fsp3) is 0.423. The molecule has 38 heavy (non-hydrogen) atoms. The first-order chi connectivity index (χ1) is 18.2. The number of hydrogen-bond acceptors (Lipinski definition) is 8. The van der Waals surface area contributed by atoms with Crippen LogP contribution in [0.25, 0.3) is 6.08 Å². The van der Waals surface area contributed by atoms with E-state index in [1.54, 1.807) is 30.3 Å². The molecule has 1 unspecified atom stereocenters. The van der Waals surface area contributed by atoms with Crippen LogP contribution in [-0.2, 0) is 26.0 Å². The number of carbonyl (C=O) groups excluding carboxylic acids is 2. The van der Waals surface area contributed by atoms with Gasteiger partial charge in [-0.3, -0.25) is 14.5 Å². The molecule has 2 aromatic rings. The number of rotatable bonds is 7. The Balaban J connectivity index is 1.32. The van der Waals surface area contributed by atoms with Gasteiger partial charge in [-0.1, -0.05) is 47.7 Å². The molecule has 1 atom stereocenters. The first-order valence-electron chi connectivity index (χ1n) is 12.5. The summed E-state index contributed by atoms with van der Waals surface area (Å²) >= 11 is 12.5. The Hall–Kier alpha value is -2.34. The van der Waals surface area contributed by atoms with Crippen LogP contribution in [0.15, 0.2) is 45.7 Å². The van der Waals surface area contributed by atoms with Crippen LogP contribution in [0.1, 0.15) is 37.0 Å². The van der Waals surface area contributed by atoms with Gasteiger partial charge in [0, 0.05) is 30.2 Å². The second kappa shape index (κ2) is 11.4. The summed E-state index contributed by atoms with van der Waals surface area (Å²) in [6, 6.07) is 10.3. The second-order valence-electron chi connectivity index (χ2n) is 9.69. The zero-order valence-electron chi connectivity index (χ0n) is 20.7. The molecule has 3 aliphatic heterocycles. The molecule has 3 saturated heterocycles. The van der Waals surface area contributed by atoms with E-state index in [1.165, 1.54) is 16.2 Å². The molecule has 1 aromatic carbocycles. The number of amides is 2. The van der Waals surface area contributed by atoms with Crippen LogP contribution >= 0.6 is 35.6 Å². The van der Waals surface area contributed by atoms with E-state index < -0.39 is 15.9 Å². The van der Waals surface area contributed by atoms with Gasteiger partial charge in [0.05, 0.1) is 23.0 Å². The zero-order chi connectivity index (χ0) is 26.9. The smallest absolute Gasteiger partial charge is 0.266 e. The van der Waals surface area contributed by atoms with Crippen molar-refractivity contribution in [1.29, 1.82) is 0 Å². The molecule has 0 bridgehead atoms. The van der Waals surface area contributed by atoms with Crippen LogP contribution in [0.3, 0.4) is 0 Å². The highest BCUT2D eigenvalue weighted by atomic mass is 35.5. The second-order valence-corrected chi connectivity index (χ2v) is 14.0. The molecule has 1 aromatic heterocycles. The third-order valence-electron chi connectivity index (χ3n) is 6.95. The lowest BCUT2D eigenvalue weighted by atomic mass is 10.1. The first kappa shape index (κ1) is 27.2. The number of furan rings is 1. The van der Waals surface area contributed by atoms with E-state index in [4.69, 9.17) is 28.2 Å². The van der Waals surface area contributed by atoms with E-state index in [0.29, 0.717) is 22.1 Å². The number of carbonyl (C=O) groups is 2. The molecule has 0 N–H and O–H groups in total. The van der Waals surface area contributed by atoms with Crippen molar-refractivity contribution in [3.8, 4) is 0 Å². The van der Waals surface area contributed by atoms with Crippen molar-refractivity contribution in [2.24, 2.45) is 0 Å². The van der Waals surface area contributed by atoms with Gasteiger partial charge in [-0.2, -0.15) is 0 Å². The van der Waals surface area contributed by atoms with Crippen molar-refractivity contribution in [3.05, 3.63) is 57.6 Å². The third-order valence-corrected chi connectivity index (χ3v) is 10.3. The summed E-state index contributed by atoms with van der Waals surface area (Å²) < 4.78 is 30.8. The quantitative estimate of drug-likeness (QED) is 0.346. The first-order valence-corrected chi connectivity index (χ1v) is 16.0. The fourth-order valence-corrected chi connectivity index (χ4v) is 8.03. The Bertz CT molecular complexity index is 1370. The van der Waals surface area contributed by atoms with Crippen molar-refractivity contribution in [2.75, 3.05) is 36.0 Å². The van der Waals surface area contributed by atoms with Gasteiger partial charge in [-0.25, -0.2) is 8.42 Å². The summed E-state index contributed by atoms with van der Waals surface area (Å²) in [4.78, 5) is 32.1. The Morgan fingerprint density at radius 1 is 1.16 bits per heavy atom. The minimum absolute atomic E-state index is 0.0313.